The summed E-state index contributed by atoms with van der Waals surface area (Å²) in [4.78, 5) is 16.8. The maximum atomic E-state index is 12.6. The van der Waals surface area contributed by atoms with Gasteiger partial charge in [-0.15, -0.1) is 0 Å². The predicted molar refractivity (Wildman–Crippen MR) is 87.2 cm³/mol. The van der Waals surface area contributed by atoms with E-state index in [1.807, 2.05) is 39.0 Å². The molecule has 0 unspecified atom stereocenters. The standard InChI is InChI=1S/C16H17ClN4O2/c1-9(2)23-15(22)13-10(3)20-16-18-8-19-21(16)14(13)11-5-4-6-12(17)7-11/h4-9,14H,1-3H3,(H,18,19,20)/t14-/m1/s1. The van der Waals surface area contributed by atoms with Gasteiger partial charge in [0.15, 0.2) is 0 Å². The third kappa shape index (κ3) is 2.94. The molecule has 1 aliphatic rings. The first kappa shape index (κ1) is 15.6. The third-order valence-electron chi connectivity index (χ3n) is 3.52. The van der Waals surface area contributed by atoms with Crippen molar-refractivity contribution in [2.45, 2.75) is 32.9 Å². The molecular weight excluding hydrogens is 316 g/mol. The highest BCUT2D eigenvalue weighted by molar-refractivity contribution is 6.30. The van der Waals surface area contributed by atoms with Crippen LogP contribution >= 0.6 is 11.6 Å². The number of rotatable bonds is 3. The Hall–Kier alpha value is -2.34. The number of hydrogen-bond acceptors (Lipinski definition) is 5. The molecule has 0 fully saturated rings. The minimum Gasteiger partial charge on any atom is -0.459 e. The van der Waals surface area contributed by atoms with Gasteiger partial charge in [-0.25, -0.2) is 9.48 Å². The maximum Gasteiger partial charge on any atom is 0.338 e. The Morgan fingerprint density at radius 2 is 2.22 bits per heavy atom. The van der Waals surface area contributed by atoms with Crippen LogP contribution in [0.1, 0.15) is 32.4 Å². The quantitative estimate of drug-likeness (QED) is 0.874. The Morgan fingerprint density at radius 1 is 1.43 bits per heavy atom. The van der Waals surface area contributed by atoms with Gasteiger partial charge in [0.1, 0.15) is 12.4 Å². The van der Waals surface area contributed by atoms with E-state index >= 15 is 0 Å². The molecule has 0 saturated heterocycles. The van der Waals surface area contributed by atoms with Gasteiger partial charge < -0.3 is 10.1 Å². The van der Waals surface area contributed by atoms with Gasteiger partial charge in [0.05, 0.1) is 11.7 Å². The number of aromatic nitrogens is 3. The van der Waals surface area contributed by atoms with Crippen molar-refractivity contribution in [1.29, 1.82) is 0 Å². The van der Waals surface area contributed by atoms with Crippen LogP contribution in [0.15, 0.2) is 41.9 Å². The number of allylic oxidation sites excluding steroid dienone is 1. The summed E-state index contributed by atoms with van der Waals surface area (Å²) < 4.78 is 7.06. The topological polar surface area (TPSA) is 69.0 Å². The van der Waals surface area contributed by atoms with Crippen LogP contribution in [0.3, 0.4) is 0 Å². The molecule has 0 aliphatic carbocycles. The summed E-state index contributed by atoms with van der Waals surface area (Å²) in [6, 6.07) is 6.93. The Labute approximate surface area is 139 Å². The van der Waals surface area contributed by atoms with Gasteiger partial charge in [0.25, 0.3) is 0 Å². The van der Waals surface area contributed by atoms with Gasteiger partial charge >= 0.3 is 5.97 Å². The highest BCUT2D eigenvalue weighted by atomic mass is 35.5. The zero-order valence-corrected chi connectivity index (χ0v) is 13.8. The molecule has 0 radical (unpaired) electrons. The zero-order valence-electron chi connectivity index (χ0n) is 13.1. The molecule has 23 heavy (non-hydrogen) atoms. The smallest absolute Gasteiger partial charge is 0.338 e. The summed E-state index contributed by atoms with van der Waals surface area (Å²) in [6.07, 6.45) is 1.24. The van der Waals surface area contributed by atoms with Crippen LogP contribution in [0.4, 0.5) is 5.95 Å². The van der Waals surface area contributed by atoms with E-state index in [1.54, 1.807) is 10.7 Å². The van der Waals surface area contributed by atoms with Crippen LogP contribution in [0.2, 0.25) is 5.02 Å². The zero-order chi connectivity index (χ0) is 16.6. The van der Waals surface area contributed by atoms with Gasteiger partial charge in [-0.05, 0) is 38.5 Å². The first-order valence-corrected chi connectivity index (χ1v) is 7.69. The molecule has 2 heterocycles. The molecule has 0 bridgehead atoms. The number of benzene rings is 1. The van der Waals surface area contributed by atoms with Crippen molar-refractivity contribution < 1.29 is 9.53 Å². The molecule has 1 N–H and O–H groups in total. The molecule has 120 valence electrons. The van der Waals surface area contributed by atoms with Crippen molar-refractivity contribution in [2.75, 3.05) is 5.32 Å². The largest absolute Gasteiger partial charge is 0.459 e. The van der Waals surface area contributed by atoms with E-state index in [4.69, 9.17) is 16.3 Å². The lowest BCUT2D eigenvalue weighted by Crippen LogP contribution is -2.30. The summed E-state index contributed by atoms with van der Waals surface area (Å²) in [7, 11) is 0. The summed E-state index contributed by atoms with van der Waals surface area (Å²) in [5.74, 6) is 0.199. The molecule has 6 nitrogen and oxygen atoms in total. The van der Waals surface area contributed by atoms with E-state index < -0.39 is 6.04 Å². The second-order valence-electron chi connectivity index (χ2n) is 5.60. The second-order valence-corrected chi connectivity index (χ2v) is 6.04. The highest BCUT2D eigenvalue weighted by Gasteiger charge is 2.34. The fraction of sp³-hybridized carbons (Fsp3) is 0.312. The van der Waals surface area contributed by atoms with E-state index in [9.17, 15) is 4.79 Å². The molecule has 7 heteroatoms. The van der Waals surface area contributed by atoms with Crippen LogP contribution in [0, 0.1) is 0 Å². The van der Waals surface area contributed by atoms with Gasteiger partial charge in [-0.1, -0.05) is 23.7 Å². The SMILES string of the molecule is CC1=C(C(=O)OC(C)C)[C@@H](c2cccc(Cl)c2)n2ncnc2N1. The minimum atomic E-state index is -0.432. The van der Waals surface area contributed by atoms with Gasteiger partial charge in [0, 0.05) is 10.7 Å². The summed E-state index contributed by atoms with van der Waals surface area (Å²) in [5.41, 5.74) is 2.04. The maximum absolute atomic E-state index is 12.6. The van der Waals surface area contributed by atoms with E-state index in [0.29, 0.717) is 22.2 Å². The van der Waals surface area contributed by atoms with Crippen molar-refractivity contribution >= 4 is 23.5 Å². The van der Waals surface area contributed by atoms with Crippen LogP contribution in [0.25, 0.3) is 0 Å². The van der Waals surface area contributed by atoms with E-state index in [1.165, 1.54) is 6.33 Å². The fourth-order valence-corrected chi connectivity index (χ4v) is 2.82. The molecular formula is C16H17ClN4O2. The number of carbonyl (C=O) groups excluding carboxylic acids is 1. The van der Waals surface area contributed by atoms with E-state index in [2.05, 4.69) is 15.4 Å². The average Bonchev–Trinajstić information content (AvgIpc) is 2.92. The van der Waals surface area contributed by atoms with Gasteiger partial charge in [0.2, 0.25) is 5.95 Å². The minimum absolute atomic E-state index is 0.208. The molecule has 1 aromatic heterocycles. The second kappa shape index (κ2) is 6.04. The Balaban J connectivity index is 2.13. The fourth-order valence-electron chi connectivity index (χ4n) is 2.62. The van der Waals surface area contributed by atoms with Crippen molar-refractivity contribution in [1.82, 2.24) is 14.8 Å². The van der Waals surface area contributed by atoms with E-state index in [-0.39, 0.29) is 12.1 Å². The third-order valence-corrected chi connectivity index (χ3v) is 3.76. The number of hydrogen-bond donors (Lipinski definition) is 1. The Bertz CT molecular complexity index is 782. The highest BCUT2D eigenvalue weighted by Crippen LogP contribution is 2.35. The molecule has 1 atom stereocenters. The summed E-state index contributed by atoms with van der Waals surface area (Å²) >= 11 is 6.12. The normalized spacial score (nSPS) is 17.0. The molecule has 3 rings (SSSR count). The monoisotopic (exact) mass is 332 g/mol. The van der Waals surface area contributed by atoms with Gasteiger partial charge in [-0.3, -0.25) is 0 Å². The number of anilines is 1. The molecule has 2 aromatic rings. The Morgan fingerprint density at radius 3 is 2.91 bits per heavy atom. The van der Waals surface area contributed by atoms with Crippen molar-refractivity contribution in [3.05, 3.63) is 52.4 Å². The average molecular weight is 333 g/mol. The van der Waals surface area contributed by atoms with Crippen LogP contribution in [-0.4, -0.2) is 26.8 Å². The molecule has 0 spiro atoms. The number of fused-ring (bicyclic) bond motifs is 1. The molecule has 0 saturated carbocycles. The first-order valence-electron chi connectivity index (χ1n) is 7.31. The first-order chi connectivity index (χ1) is 11.0. The number of halogens is 1. The predicted octanol–water partition coefficient (Wildman–Crippen LogP) is 3.17. The van der Waals surface area contributed by atoms with Gasteiger partial charge in [-0.2, -0.15) is 10.1 Å². The molecule has 0 amide bonds. The number of esters is 1. The van der Waals surface area contributed by atoms with Crippen molar-refractivity contribution in [3.8, 4) is 0 Å². The molecule has 1 aromatic carbocycles. The van der Waals surface area contributed by atoms with Crippen molar-refractivity contribution in [3.63, 3.8) is 0 Å². The summed E-state index contributed by atoms with van der Waals surface area (Å²) in [5, 5.41) is 7.94. The summed E-state index contributed by atoms with van der Waals surface area (Å²) in [6.45, 7) is 5.46. The lowest BCUT2D eigenvalue weighted by molar-refractivity contribution is -0.143. The lowest BCUT2D eigenvalue weighted by atomic mass is 9.96. The molecule has 1 aliphatic heterocycles. The number of nitrogens with one attached hydrogen (secondary N) is 1. The number of ether oxygens (including phenoxy) is 1. The number of nitrogens with zero attached hydrogens (tertiary/aromatic N) is 3. The van der Waals surface area contributed by atoms with Crippen LogP contribution < -0.4 is 5.32 Å². The van der Waals surface area contributed by atoms with Crippen molar-refractivity contribution in [2.24, 2.45) is 0 Å². The van der Waals surface area contributed by atoms with E-state index in [0.717, 1.165) is 5.56 Å². The van der Waals surface area contributed by atoms with Crippen LogP contribution in [0.5, 0.6) is 0 Å². The lowest BCUT2D eigenvalue weighted by Gasteiger charge is -2.28. The van der Waals surface area contributed by atoms with Crippen LogP contribution in [-0.2, 0) is 9.53 Å². The Kier molecular flexibility index (Phi) is 4.09. The number of carbonyl (C=O) groups is 1.